The van der Waals surface area contributed by atoms with Gasteiger partial charge in [-0.3, -0.25) is 4.79 Å². The summed E-state index contributed by atoms with van der Waals surface area (Å²) in [6.07, 6.45) is 1.69. The summed E-state index contributed by atoms with van der Waals surface area (Å²) >= 11 is 3.46. The average Bonchev–Trinajstić information content (AvgIpc) is 2.96. The molecule has 0 amide bonds. The van der Waals surface area contributed by atoms with E-state index in [4.69, 9.17) is 9.47 Å². The topological polar surface area (TPSA) is 66.2 Å². The average molecular weight is 418 g/mol. The maximum atomic E-state index is 12.1. The van der Waals surface area contributed by atoms with Gasteiger partial charge in [0.2, 0.25) is 0 Å². The Labute approximate surface area is 160 Å². The minimum atomic E-state index is -0.578. The lowest BCUT2D eigenvalue weighted by Crippen LogP contribution is -2.24. The molecule has 136 valence electrons. The molecule has 2 heterocycles. The number of rotatable bonds is 4. The molecular weight excluding hydrogens is 398 g/mol. The summed E-state index contributed by atoms with van der Waals surface area (Å²) in [5, 5.41) is 5.48. The van der Waals surface area contributed by atoms with Crippen LogP contribution in [0, 0.1) is 5.41 Å². The number of esters is 1. The molecular formula is C19H20BrN3O3. The fraction of sp³-hybridized carbons (Fsp3) is 0.316. The second-order valence-electron chi connectivity index (χ2n) is 6.88. The Morgan fingerprint density at radius 3 is 2.69 bits per heavy atom. The van der Waals surface area contributed by atoms with Crippen LogP contribution in [-0.4, -0.2) is 27.8 Å². The lowest BCUT2D eigenvalue weighted by Gasteiger charge is -2.16. The first-order valence-corrected chi connectivity index (χ1v) is 8.93. The van der Waals surface area contributed by atoms with Crippen LogP contribution in [0.15, 0.2) is 41.0 Å². The van der Waals surface area contributed by atoms with E-state index in [1.54, 1.807) is 18.0 Å². The van der Waals surface area contributed by atoms with Crippen LogP contribution in [0.2, 0.25) is 0 Å². The molecule has 0 radical (unpaired) electrons. The van der Waals surface area contributed by atoms with Gasteiger partial charge in [-0.1, -0.05) is 12.1 Å². The zero-order valence-electron chi connectivity index (χ0n) is 15.1. The molecule has 0 unspecified atom stereocenters. The Kier molecular flexibility index (Phi) is 5.00. The zero-order valence-corrected chi connectivity index (χ0v) is 16.7. The molecule has 3 rings (SSSR count). The van der Waals surface area contributed by atoms with Crippen molar-refractivity contribution >= 4 is 32.9 Å². The number of fused-ring (bicyclic) bond motifs is 1. The Balaban J connectivity index is 2.08. The van der Waals surface area contributed by atoms with Crippen LogP contribution in [0.4, 0.5) is 0 Å². The highest BCUT2D eigenvalue weighted by Crippen LogP contribution is 2.34. The predicted molar refractivity (Wildman–Crippen MR) is 103 cm³/mol. The number of carbonyl (C=O) groups is 1. The summed E-state index contributed by atoms with van der Waals surface area (Å²) in [5.74, 6) is 0.419. The summed E-state index contributed by atoms with van der Waals surface area (Å²) in [6.45, 7) is 5.43. The van der Waals surface area contributed by atoms with E-state index in [1.165, 1.54) is 0 Å². The van der Waals surface area contributed by atoms with Crippen LogP contribution in [0.3, 0.4) is 0 Å². The first kappa shape index (κ1) is 18.4. The quantitative estimate of drug-likeness (QED) is 0.587. The maximum absolute atomic E-state index is 12.1. The van der Waals surface area contributed by atoms with Crippen molar-refractivity contribution in [3.63, 3.8) is 0 Å². The second-order valence-corrected chi connectivity index (χ2v) is 7.80. The van der Waals surface area contributed by atoms with Crippen molar-refractivity contribution in [3.8, 4) is 17.0 Å². The van der Waals surface area contributed by atoms with Crippen molar-refractivity contribution in [3.05, 3.63) is 41.0 Å². The van der Waals surface area contributed by atoms with Gasteiger partial charge < -0.3 is 9.47 Å². The largest absolute Gasteiger partial charge is 0.496 e. The number of carbonyl (C=O) groups excluding carboxylic acids is 1. The number of aromatic nitrogens is 3. The zero-order chi connectivity index (χ0) is 18.9. The van der Waals surface area contributed by atoms with Crippen LogP contribution in [0.1, 0.15) is 20.8 Å². The van der Waals surface area contributed by atoms with Crippen LogP contribution < -0.4 is 4.74 Å². The monoisotopic (exact) mass is 417 g/mol. The minimum absolute atomic E-state index is 0.00359. The molecule has 7 heteroatoms. The Bertz CT molecular complexity index is 960. The van der Waals surface area contributed by atoms with Crippen LogP contribution in [0.5, 0.6) is 5.75 Å². The van der Waals surface area contributed by atoms with Gasteiger partial charge in [0, 0.05) is 21.6 Å². The van der Waals surface area contributed by atoms with E-state index in [0.29, 0.717) is 11.4 Å². The minimum Gasteiger partial charge on any atom is -0.496 e. The van der Waals surface area contributed by atoms with Gasteiger partial charge in [-0.25, -0.2) is 9.67 Å². The summed E-state index contributed by atoms with van der Waals surface area (Å²) in [5.41, 5.74) is 1.62. The van der Waals surface area contributed by atoms with Crippen molar-refractivity contribution in [2.24, 2.45) is 5.41 Å². The highest BCUT2D eigenvalue weighted by molar-refractivity contribution is 9.10. The van der Waals surface area contributed by atoms with Crippen molar-refractivity contribution in [2.45, 2.75) is 27.5 Å². The first-order chi connectivity index (χ1) is 12.3. The third-order valence-electron chi connectivity index (χ3n) is 3.85. The molecule has 0 saturated heterocycles. The van der Waals surface area contributed by atoms with Crippen LogP contribution in [-0.2, 0) is 16.3 Å². The molecule has 0 atom stereocenters. The molecule has 0 spiro atoms. The number of methoxy groups -OCH3 is 1. The van der Waals surface area contributed by atoms with Crippen LogP contribution >= 0.6 is 15.9 Å². The second kappa shape index (κ2) is 7.07. The van der Waals surface area contributed by atoms with E-state index in [9.17, 15) is 4.79 Å². The lowest BCUT2D eigenvalue weighted by atomic mass is 9.98. The number of hydrogen-bond acceptors (Lipinski definition) is 5. The summed E-state index contributed by atoms with van der Waals surface area (Å²) < 4.78 is 13.3. The van der Waals surface area contributed by atoms with Gasteiger partial charge >= 0.3 is 5.97 Å². The SMILES string of the molecule is COc1ccccc1-c1nn(COC(=O)C(C)(C)C)c2ncc(Br)cc12. The molecule has 0 aliphatic heterocycles. The number of halogens is 1. The molecule has 0 aliphatic carbocycles. The fourth-order valence-electron chi connectivity index (χ4n) is 2.50. The van der Waals surface area contributed by atoms with Gasteiger partial charge in [0.25, 0.3) is 0 Å². The maximum Gasteiger partial charge on any atom is 0.313 e. The molecule has 1 aromatic carbocycles. The molecule has 0 N–H and O–H groups in total. The van der Waals surface area contributed by atoms with Gasteiger partial charge in [-0.15, -0.1) is 0 Å². The molecule has 0 bridgehead atoms. The van der Waals surface area contributed by atoms with Gasteiger partial charge in [0.1, 0.15) is 11.4 Å². The molecule has 6 nitrogen and oxygen atoms in total. The van der Waals surface area contributed by atoms with E-state index >= 15 is 0 Å². The molecule has 0 saturated carbocycles. The predicted octanol–water partition coefficient (Wildman–Crippen LogP) is 4.42. The van der Waals surface area contributed by atoms with Gasteiger partial charge in [-0.2, -0.15) is 5.10 Å². The Morgan fingerprint density at radius 2 is 2.00 bits per heavy atom. The number of para-hydroxylation sites is 1. The van der Waals surface area contributed by atoms with Crippen molar-refractivity contribution in [2.75, 3.05) is 7.11 Å². The van der Waals surface area contributed by atoms with Crippen molar-refractivity contribution in [1.29, 1.82) is 0 Å². The third kappa shape index (κ3) is 3.58. The molecule has 3 aromatic rings. The van der Waals surface area contributed by atoms with Crippen LogP contribution in [0.25, 0.3) is 22.3 Å². The normalized spacial score (nSPS) is 11.6. The smallest absolute Gasteiger partial charge is 0.313 e. The highest BCUT2D eigenvalue weighted by atomic mass is 79.9. The molecule has 0 aliphatic rings. The molecule has 26 heavy (non-hydrogen) atoms. The number of pyridine rings is 1. The van der Waals surface area contributed by atoms with E-state index in [-0.39, 0.29) is 12.7 Å². The van der Waals surface area contributed by atoms with Gasteiger partial charge in [-0.05, 0) is 54.9 Å². The summed E-state index contributed by atoms with van der Waals surface area (Å²) in [6, 6.07) is 9.59. The number of nitrogens with zero attached hydrogens (tertiary/aromatic N) is 3. The third-order valence-corrected chi connectivity index (χ3v) is 4.28. The lowest BCUT2D eigenvalue weighted by molar-refractivity contribution is -0.157. The van der Waals surface area contributed by atoms with E-state index in [2.05, 4.69) is 26.0 Å². The van der Waals surface area contributed by atoms with Crippen molar-refractivity contribution < 1.29 is 14.3 Å². The number of benzene rings is 1. The fourth-order valence-corrected chi connectivity index (χ4v) is 2.83. The van der Waals surface area contributed by atoms with Crippen molar-refractivity contribution in [1.82, 2.24) is 14.8 Å². The highest BCUT2D eigenvalue weighted by Gasteiger charge is 2.24. The Hall–Kier alpha value is -2.41. The standard InChI is InChI=1S/C19H20BrN3O3/c1-19(2,3)18(24)26-11-23-17-14(9-12(20)10-21-17)16(22-23)13-7-5-6-8-15(13)25-4/h5-10H,11H2,1-4H3. The van der Waals surface area contributed by atoms with Gasteiger partial charge in [0.15, 0.2) is 12.4 Å². The summed E-state index contributed by atoms with van der Waals surface area (Å²) in [7, 11) is 1.62. The van der Waals surface area contributed by atoms with E-state index in [1.807, 2.05) is 51.1 Å². The number of hydrogen-bond donors (Lipinski definition) is 0. The van der Waals surface area contributed by atoms with E-state index < -0.39 is 5.41 Å². The Morgan fingerprint density at radius 1 is 1.27 bits per heavy atom. The van der Waals surface area contributed by atoms with E-state index in [0.717, 1.165) is 21.1 Å². The molecule has 2 aromatic heterocycles. The number of ether oxygens (including phenoxy) is 2. The first-order valence-electron chi connectivity index (χ1n) is 8.14. The molecule has 0 fully saturated rings. The summed E-state index contributed by atoms with van der Waals surface area (Å²) in [4.78, 5) is 16.5. The van der Waals surface area contributed by atoms with Gasteiger partial charge in [0.05, 0.1) is 12.5 Å².